The van der Waals surface area contributed by atoms with Crippen molar-refractivity contribution in [3.05, 3.63) is 59.9 Å². The molecule has 1 N–H and O–H groups in total. The van der Waals surface area contributed by atoms with Crippen LogP contribution in [0.4, 0.5) is 8.78 Å². The van der Waals surface area contributed by atoms with E-state index < -0.39 is 18.6 Å². The smallest absolute Gasteiger partial charge is 0.387 e. The number of nitrogens with one attached hydrogen (secondary N) is 1. The number of rotatable bonds is 6. The van der Waals surface area contributed by atoms with Crippen LogP contribution in [0.15, 0.2) is 52.9 Å². The highest BCUT2D eigenvalue weighted by atomic mass is 19.3. The second kappa shape index (κ2) is 7.43. The van der Waals surface area contributed by atoms with Gasteiger partial charge in [-0.25, -0.2) is 0 Å². The second-order valence-electron chi connectivity index (χ2n) is 5.63. The predicted octanol–water partition coefficient (Wildman–Crippen LogP) is 4.53. The number of alkyl halides is 2. The van der Waals surface area contributed by atoms with Gasteiger partial charge in [-0.2, -0.15) is 8.78 Å². The molecule has 5 nitrogen and oxygen atoms in total. The highest BCUT2D eigenvalue weighted by molar-refractivity contribution is 5.95. The lowest BCUT2D eigenvalue weighted by Crippen LogP contribution is -2.26. The fourth-order valence-electron chi connectivity index (χ4n) is 2.57. The van der Waals surface area contributed by atoms with Crippen molar-refractivity contribution < 1.29 is 27.5 Å². The quantitative estimate of drug-likeness (QED) is 0.701. The minimum atomic E-state index is -3.02. The average molecular weight is 361 g/mol. The van der Waals surface area contributed by atoms with Gasteiger partial charge in [0, 0.05) is 10.9 Å². The van der Waals surface area contributed by atoms with Gasteiger partial charge in [-0.1, -0.05) is 18.2 Å². The van der Waals surface area contributed by atoms with Crippen molar-refractivity contribution in [3.63, 3.8) is 0 Å². The topological polar surface area (TPSA) is 60.7 Å². The third kappa shape index (κ3) is 3.77. The first-order chi connectivity index (χ1) is 12.5. The summed E-state index contributed by atoms with van der Waals surface area (Å²) in [6.45, 7) is -1.24. The standard InChI is InChI=1S/C19H17F2NO4/c1-11(16-9-12-5-3-4-6-14(12)25-16)22-18(23)13-7-8-15(24-2)17(10-13)26-19(20)21/h3-11,19H,1-2H3,(H,22,23). The fraction of sp³-hybridized carbons (Fsp3) is 0.211. The van der Waals surface area contributed by atoms with Gasteiger partial charge in [-0.15, -0.1) is 0 Å². The van der Waals surface area contributed by atoms with E-state index in [-0.39, 0.29) is 17.1 Å². The van der Waals surface area contributed by atoms with Crippen LogP contribution < -0.4 is 14.8 Å². The highest BCUT2D eigenvalue weighted by Gasteiger charge is 2.18. The first-order valence-corrected chi connectivity index (χ1v) is 7.90. The van der Waals surface area contributed by atoms with Crippen molar-refractivity contribution >= 4 is 16.9 Å². The molecule has 3 aromatic rings. The summed E-state index contributed by atoms with van der Waals surface area (Å²) >= 11 is 0. The molecule has 1 amide bonds. The van der Waals surface area contributed by atoms with Gasteiger partial charge >= 0.3 is 6.61 Å². The van der Waals surface area contributed by atoms with Gasteiger partial charge < -0.3 is 19.2 Å². The molecule has 0 fully saturated rings. The van der Waals surface area contributed by atoms with Crippen molar-refractivity contribution in [2.24, 2.45) is 0 Å². The number of hydrogen-bond donors (Lipinski definition) is 1. The zero-order valence-electron chi connectivity index (χ0n) is 14.2. The Balaban J connectivity index is 1.78. The monoisotopic (exact) mass is 361 g/mol. The molecular weight excluding hydrogens is 344 g/mol. The van der Waals surface area contributed by atoms with E-state index in [1.165, 1.54) is 25.3 Å². The Morgan fingerprint density at radius 2 is 1.88 bits per heavy atom. The molecule has 0 radical (unpaired) electrons. The van der Waals surface area contributed by atoms with E-state index in [0.29, 0.717) is 5.76 Å². The van der Waals surface area contributed by atoms with E-state index >= 15 is 0 Å². The Bertz CT molecular complexity index is 890. The first-order valence-electron chi connectivity index (χ1n) is 7.90. The Morgan fingerprint density at radius 1 is 1.12 bits per heavy atom. The Kier molecular flexibility index (Phi) is 5.06. The number of furan rings is 1. The number of benzene rings is 2. The molecule has 2 aromatic carbocycles. The molecule has 1 heterocycles. The van der Waals surface area contributed by atoms with Crippen LogP contribution in [0.2, 0.25) is 0 Å². The maximum absolute atomic E-state index is 12.5. The van der Waals surface area contributed by atoms with Crippen LogP contribution in [0.25, 0.3) is 11.0 Å². The number of fused-ring (bicyclic) bond motifs is 1. The van der Waals surface area contributed by atoms with E-state index in [4.69, 9.17) is 9.15 Å². The Morgan fingerprint density at radius 3 is 2.58 bits per heavy atom. The molecular formula is C19H17F2NO4. The molecule has 1 aromatic heterocycles. The summed E-state index contributed by atoms with van der Waals surface area (Å²) in [4.78, 5) is 12.4. The molecule has 0 spiro atoms. The maximum Gasteiger partial charge on any atom is 0.387 e. The molecule has 3 rings (SSSR count). The van der Waals surface area contributed by atoms with Gasteiger partial charge in [0.1, 0.15) is 11.3 Å². The molecule has 1 unspecified atom stereocenters. The molecule has 0 saturated carbocycles. The molecule has 0 aliphatic heterocycles. The van der Waals surface area contributed by atoms with E-state index in [2.05, 4.69) is 10.1 Å². The van der Waals surface area contributed by atoms with E-state index in [9.17, 15) is 13.6 Å². The number of hydrogen-bond acceptors (Lipinski definition) is 4. The van der Waals surface area contributed by atoms with Crippen molar-refractivity contribution in [2.75, 3.05) is 7.11 Å². The predicted molar refractivity (Wildman–Crippen MR) is 91.7 cm³/mol. The van der Waals surface area contributed by atoms with Gasteiger partial charge in [0.05, 0.1) is 13.2 Å². The minimum absolute atomic E-state index is 0.118. The zero-order chi connectivity index (χ0) is 18.7. The highest BCUT2D eigenvalue weighted by Crippen LogP contribution is 2.30. The van der Waals surface area contributed by atoms with Crippen LogP contribution >= 0.6 is 0 Å². The summed E-state index contributed by atoms with van der Waals surface area (Å²) in [5.74, 6) is 0.0653. The number of amides is 1. The number of ether oxygens (including phenoxy) is 2. The summed E-state index contributed by atoms with van der Waals surface area (Å²) in [5.41, 5.74) is 0.894. The van der Waals surface area contributed by atoms with E-state index in [1.54, 1.807) is 6.92 Å². The van der Waals surface area contributed by atoms with Crippen LogP contribution in [0.5, 0.6) is 11.5 Å². The van der Waals surface area contributed by atoms with Crippen molar-refractivity contribution in [3.8, 4) is 11.5 Å². The second-order valence-corrected chi connectivity index (χ2v) is 5.63. The van der Waals surface area contributed by atoms with Crippen molar-refractivity contribution in [2.45, 2.75) is 19.6 Å². The lowest BCUT2D eigenvalue weighted by molar-refractivity contribution is -0.0512. The molecule has 1 atom stereocenters. The lowest BCUT2D eigenvalue weighted by atomic mass is 10.1. The number of methoxy groups -OCH3 is 1. The van der Waals surface area contributed by atoms with Gasteiger partial charge in [-0.05, 0) is 37.3 Å². The van der Waals surface area contributed by atoms with Crippen molar-refractivity contribution in [1.29, 1.82) is 0 Å². The number of carbonyl (C=O) groups is 1. The molecule has 26 heavy (non-hydrogen) atoms. The molecule has 0 bridgehead atoms. The normalized spacial score (nSPS) is 12.2. The van der Waals surface area contributed by atoms with Crippen LogP contribution in [0.1, 0.15) is 29.1 Å². The summed E-state index contributed by atoms with van der Waals surface area (Å²) < 4.78 is 40.1. The van der Waals surface area contributed by atoms with E-state index in [0.717, 1.165) is 11.0 Å². The SMILES string of the molecule is COc1ccc(C(=O)NC(C)c2cc3ccccc3o2)cc1OC(F)F. The molecule has 0 aliphatic rings. The number of carbonyl (C=O) groups excluding carboxylic acids is 1. The third-order valence-electron chi connectivity index (χ3n) is 3.86. The van der Waals surface area contributed by atoms with Crippen LogP contribution in [0.3, 0.4) is 0 Å². The zero-order valence-corrected chi connectivity index (χ0v) is 14.2. The summed E-state index contributed by atoms with van der Waals surface area (Å²) in [5, 5.41) is 3.71. The molecule has 136 valence electrons. The lowest BCUT2D eigenvalue weighted by Gasteiger charge is -2.14. The summed E-state index contributed by atoms with van der Waals surface area (Å²) in [6.07, 6.45) is 0. The van der Waals surface area contributed by atoms with Gasteiger partial charge in [0.25, 0.3) is 5.91 Å². The summed E-state index contributed by atoms with van der Waals surface area (Å²) in [7, 11) is 1.33. The fourth-order valence-corrected chi connectivity index (χ4v) is 2.57. The first kappa shape index (κ1) is 17.7. The van der Waals surface area contributed by atoms with Crippen molar-refractivity contribution in [1.82, 2.24) is 5.32 Å². The summed E-state index contributed by atoms with van der Waals surface area (Å²) in [6, 6.07) is 13.0. The number of para-hydroxylation sites is 1. The molecule has 7 heteroatoms. The molecule has 0 saturated heterocycles. The van der Waals surface area contributed by atoms with Crippen LogP contribution in [0, 0.1) is 0 Å². The molecule has 0 aliphatic carbocycles. The van der Waals surface area contributed by atoms with Gasteiger partial charge in [0.2, 0.25) is 0 Å². The maximum atomic E-state index is 12.5. The third-order valence-corrected chi connectivity index (χ3v) is 3.86. The van der Waals surface area contributed by atoms with Crippen LogP contribution in [-0.2, 0) is 0 Å². The Hall–Kier alpha value is -3.09. The largest absolute Gasteiger partial charge is 0.493 e. The van der Waals surface area contributed by atoms with E-state index in [1.807, 2.05) is 30.3 Å². The Labute approximate surface area is 148 Å². The average Bonchev–Trinajstić information content (AvgIpc) is 3.05. The van der Waals surface area contributed by atoms with Gasteiger partial charge in [0.15, 0.2) is 11.5 Å². The minimum Gasteiger partial charge on any atom is -0.493 e. The van der Waals surface area contributed by atoms with Crippen LogP contribution in [-0.4, -0.2) is 19.6 Å². The van der Waals surface area contributed by atoms with Gasteiger partial charge in [-0.3, -0.25) is 4.79 Å². The number of halogens is 2.